The fourth-order valence-electron chi connectivity index (χ4n) is 1.48. The Hall–Kier alpha value is -1.38. The minimum atomic E-state index is -0.277. The summed E-state index contributed by atoms with van der Waals surface area (Å²) in [7, 11) is 0. The lowest BCUT2D eigenvalue weighted by atomic mass is 10.1. The van der Waals surface area contributed by atoms with Gasteiger partial charge in [-0.1, -0.05) is 32.4 Å². The largest absolute Gasteiger partial charge is 0.457 e. The number of benzene rings is 1. The molecule has 3 heteroatoms. The van der Waals surface area contributed by atoms with Crippen LogP contribution in [-0.4, -0.2) is 5.97 Å². The zero-order chi connectivity index (χ0) is 12.0. The van der Waals surface area contributed by atoms with Crippen LogP contribution in [0.15, 0.2) is 24.3 Å². The first-order valence-electron chi connectivity index (χ1n) is 5.62. The molecule has 88 valence electrons. The molecule has 2 nitrogen and oxygen atoms in total. The van der Waals surface area contributed by atoms with E-state index >= 15 is 0 Å². The molecule has 0 N–H and O–H groups in total. The summed E-state index contributed by atoms with van der Waals surface area (Å²) in [6.07, 6.45) is 1.79. The molecule has 0 heterocycles. The molecule has 0 saturated carbocycles. The Kier molecular flexibility index (Phi) is 4.96. The Morgan fingerprint density at radius 2 is 1.94 bits per heavy atom. The highest BCUT2D eigenvalue weighted by Gasteiger charge is 2.14. The Morgan fingerprint density at radius 3 is 2.44 bits per heavy atom. The Balaban J connectivity index is 2.76. The number of esters is 1. The minimum Gasteiger partial charge on any atom is -0.457 e. The van der Waals surface area contributed by atoms with Crippen LogP contribution in [0.25, 0.3) is 0 Å². The lowest BCUT2D eigenvalue weighted by molar-refractivity contribution is -0.149. The van der Waals surface area contributed by atoms with Crippen LogP contribution in [0.1, 0.15) is 44.8 Å². The molecule has 16 heavy (non-hydrogen) atoms. The number of rotatable bonds is 5. The Bertz CT molecular complexity index is 332. The molecule has 0 amide bonds. The highest BCUT2D eigenvalue weighted by atomic mass is 19.1. The molecular weight excluding hydrogens is 207 g/mol. The van der Waals surface area contributed by atoms with Crippen molar-refractivity contribution in [2.45, 2.75) is 39.2 Å². The van der Waals surface area contributed by atoms with E-state index in [1.54, 1.807) is 19.1 Å². The van der Waals surface area contributed by atoms with Crippen LogP contribution in [0.3, 0.4) is 0 Å². The van der Waals surface area contributed by atoms with Crippen molar-refractivity contribution in [3.05, 3.63) is 35.6 Å². The maximum absolute atomic E-state index is 12.8. The molecule has 0 aliphatic carbocycles. The van der Waals surface area contributed by atoms with Crippen molar-refractivity contribution >= 4 is 5.97 Å². The number of carbonyl (C=O) groups is 1. The average Bonchev–Trinajstić information content (AvgIpc) is 2.29. The van der Waals surface area contributed by atoms with Crippen molar-refractivity contribution in [1.82, 2.24) is 0 Å². The smallest absolute Gasteiger partial charge is 0.306 e. The first-order chi connectivity index (χ1) is 7.67. The summed E-state index contributed by atoms with van der Waals surface area (Å²) in [6, 6.07) is 6.10. The highest BCUT2D eigenvalue weighted by Crippen LogP contribution is 2.23. The maximum Gasteiger partial charge on any atom is 0.306 e. The Labute approximate surface area is 95.4 Å². The maximum atomic E-state index is 12.8. The van der Waals surface area contributed by atoms with E-state index in [0.717, 1.165) is 18.4 Å². The van der Waals surface area contributed by atoms with Crippen LogP contribution in [0, 0.1) is 5.82 Å². The van der Waals surface area contributed by atoms with Gasteiger partial charge in [-0.2, -0.15) is 0 Å². The van der Waals surface area contributed by atoms with E-state index in [9.17, 15) is 9.18 Å². The summed E-state index contributed by atoms with van der Waals surface area (Å²) in [4.78, 5) is 11.2. The fraction of sp³-hybridized carbons (Fsp3) is 0.462. The normalized spacial score (nSPS) is 12.2. The SMILES string of the molecule is CCCC(OC(=O)CC)c1ccc(F)cc1. The minimum absolute atomic E-state index is 0.220. The van der Waals surface area contributed by atoms with Crippen molar-refractivity contribution in [2.24, 2.45) is 0 Å². The molecule has 0 aromatic heterocycles. The number of carbonyl (C=O) groups excluding carboxylic acids is 1. The quantitative estimate of drug-likeness (QED) is 0.714. The predicted molar refractivity (Wildman–Crippen MR) is 60.4 cm³/mol. The highest BCUT2D eigenvalue weighted by molar-refractivity contribution is 5.69. The molecule has 0 aliphatic rings. The summed E-state index contributed by atoms with van der Waals surface area (Å²) < 4.78 is 18.1. The molecule has 1 atom stereocenters. The first-order valence-corrected chi connectivity index (χ1v) is 5.62. The van der Waals surface area contributed by atoms with Crippen LogP contribution in [0.4, 0.5) is 4.39 Å². The monoisotopic (exact) mass is 224 g/mol. The van der Waals surface area contributed by atoms with E-state index in [4.69, 9.17) is 4.74 Å². The summed E-state index contributed by atoms with van der Waals surface area (Å²) in [5, 5.41) is 0. The van der Waals surface area contributed by atoms with Crippen LogP contribution in [-0.2, 0) is 9.53 Å². The third kappa shape index (κ3) is 3.65. The van der Waals surface area contributed by atoms with Gasteiger partial charge in [0.25, 0.3) is 0 Å². The van der Waals surface area contributed by atoms with Gasteiger partial charge in [-0.05, 0) is 24.1 Å². The van der Waals surface area contributed by atoms with Crippen LogP contribution in [0.5, 0.6) is 0 Å². The third-order valence-corrected chi connectivity index (χ3v) is 2.36. The molecule has 1 aromatic carbocycles. The van der Waals surface area contributed by atoms with Gasteiger partial charge in [-0.15, -0.1) is 0 Å². The van der Waals surface area contributed by atoms with Gasteiger partial charge < -0.3 is 4.74 Å². The van der Waals surface area contributed by atoms with E-state index in [-0.39, 0.29) is 17.9 Å². The van der Waals surface area contributed by atoms with E-state index in [2.05, 4.69) is 0 Å². The summed E-state index contributed by atoms with van der Waals surface area (Å²) in [5.41, 5.74) is 0.852. The van der Waals surface area contributed by atoms with Gasteiger partial charge in [-0.25, -0.2) is 4.39 Å². The molecule has 0 radical (unpaired) electrons. The molecule has 0 spiro atoms. The van der Waals surface area contributed by atoms with Crippen LogP contribution >= 0.6 is 0 Å². The van der Waals surface area contributed by atoms with E-state index in [0.29, 0.717) is 6.42 Å². The van der Waals surface area contributed by atoms with Crippen molar-refractivity contribution in [3.8, 4) is 0 Å². The number of ether oxygens (including phenoxy) is 1. The van der Waals surface area contributed by atoms with Gasteiger partial charge in [0.15, 0.2) is 0 Å². The summed E-state index contributed by atoms with van der Waals surface area (Å²) in [5.74, 6) is -0.497. The molecular formula is C13H17FO2. The van der Waals surface area contributed by atoms with Crippen molar-refractivity contribution in [2.75, 3.05) is 0 Å². The number of halogens is 1. The number of hydrogen-bond donors (Lipinski definition) is 0. The van der Waals surface area contributed by atoms with Crippen LogP contribution in [0.2, 0.25) is 0 Å². The summed E-state index contributed by atoms with van der Waals surface area (Å²) in [6.45, 7) is 3.78. The van der Waals surface area contributed by atoms with E-state index < -0.39 is 0 Å². The number of hydrogen-bond acceptors (Lipinski definition) is 2. The van der Waals surface area contributed by atoms with Gasteiger partial charge in [-0.3, -0.25) is 4.79 Å². The van der Waals surface area contributed by atoms with Gasteiger partial charge in [0.05, 0.1) is 0 Å². The lowest BCUT2D eigenvalue weighted by Crippen LogP contribution is -2.10. The second-order valence-corrected chi connectivity index (χ2v) is 3.67. The molecule has 0 aliphatic heterocycles. The zero-order valence-electron chi connectivity index (χ0n) is 9.70. The zero-order valence-corrected chi connectivity index (χ0v) is 9.70. The lowest BCUT2D eigenvalue weighted by Gasteiger charge is -2.17. The standard InChI is InChI=1S/C13H17FO2/c1-3-5-12(16-13(15)4-2)10-6-8-11(14)9-7-10/h6-9,12H,3-5H2,1-2H3. The fourth-order valence-corrected chi connectivity index (χ4v) is 1.48. The van der Waals surface area contributed by atoms with Crippen LogP contribution < -0.4 is 0 Å². The molecule has 0 bridgehead atoms. The second-order valence-electron chi connectivity index (χ2n) is 3.67. The van der Waals surface area contributed by atoms with Gasteiger partial charge in [0.1, 0.15) is 11.9 Å². The molecule has 1 unspecified atom stereocenters. The average molecular weight is 224 g/mol. The molecule has 0 fully saturated rings. The van der Waals surface area contributed by atoms with Crippen molar-refractivity contribution in [3.63, 3.8) is 0 Å². The van der Waals surface area contributed by atoms with Gasteiger partial charge >= 0.3 is 5.97 Å². The second kappa shape index (κ2) is 6.26. The topological polar surface area (TPSA) is 26.3 Å². The first kappa shape index (κ1) is 12.7. The predicted octanol–water partition coefficient (Wildman–Crippen LogP) is 3.62. The molecule has 1 rings (SSSR count). The van der Waals surface area contributed by atoms with Crippen molar-refractivity contribution in [1.29, 1.82) is 0 Å². The Morgan fingerprint density at radius 1 is 1.31 bits per heavy atom. The molecule has 1 aromatic rings. The van der Waals surface area contributed by atoms with Crippen molar-refractivity contribution < 1.29 is 13.9 Å². The van der Waals surface area contributed by atoms with Gasteiger partial charge in [0, 0.05) is 6.42 Å². The third-order valence-electron chi connectivity index (χ3n) is 2.36. The van der Waals surface area contributed by atoms with Gasteiger partial charge in [0.2, 0.25) is 0 Å². The summed E-state index contributed by atoms with van der Waals surface area (Å²) >= 11 is 0. The van der Waals surface area contributed by atoms with E-state index in [1.165, 1.54) is 12.1 Å². The molecule has 0 saturated heterocycles. The van der Waals surface area contributed by atoms with E-state index in [1.807, 2.05) is 6.92 Å².